The molecule has 29 heavy (non-hydrogen) atoms. The van der Waals surface area contributed by atoms with E-state index in [1.807, 2.05) is 20.8 Å². The molecule has 0 spiro atoms. The second-order valence-corrected chi connectivity index (χ2v) is 7.86. The maximum Gasteiger partial charge on any atom is 0.148 e. The molecule has 2 rings (SSSR count). The van der Waals surface area contributed by atoms with Crippen molar-refractivity contribution in [1.29, 1.82) is 0 Å². The van der Waals surface area contributed by atoms with Crippen LogP contribution in [0, 0.1) is 19.8 Å². The Morgan fingerprint density at radius 2 is 1.86 bits per heavy atom. The predicted octanol–water partition coefficient (Wildman–Crippen LogP) is 4.92. The van der Waals surface area contributed by atoms with Crippen LogP contribution in [0.4, 0.5) is 0 Å². The molecule has 0 amide bonds. The predicted molar refractivity (Wildman–Crippen MR) is 118 cm³/mol. The van der Waals surface area contributed by atoms with Crippen LogP contribution in [0.15, 0.2) is 54.5 Å². The number of carbonyl (C=O) groups is 2. The van der Waals surface area contributed by atoms with Crippen LogP contribution < -0.4 is 5.73 Å². The highest BCUT2D eigenvalue weighted by Crippen LogP contribution is 2.43. The fourth-order valence-corrected chi connectivity index (χ4v) is 4.11. The molecule has 1 aromatic rings. The fourth-order valence-electron chi connectivity index (χ4n) is 4.11. The molecule has 0 aliphatic heterocycles. The van der Waals surface area contributed by atoms with Crippen LogP contribution in [0.25, 0.3) is 5.57 Å². The van der Waals surface area contributed by atoms with Gasteiger partial charge >= 0.3 is 0 Å². The zero-order valence-electron chi connectivity index (χ0n) is 18.1. The third kappa shape index (κ3) is 4.76. The van der Waals surface area contributed by atoms with Crippen molar-refractivity contribution in [3.8, 4) is 0 Å². The first kappa shape index (κ1) is 22.4. The largest absolute Gasteiger partial charge is 0.497 e. The number of aryl methyl sites for hydroxylation is 2. The van der Waals surface area contributed by atoms with Gasteiger partial charge in [-0.1, -0.05) is 30.9 Å². The van der Waals surface area contributed by atoms with E-state index in [1.165, 1.54) is 6.92 Å². The number of ketones is 2. The molecule has 2 atom stereocenters. The van der Waals surface area contributed by atoms with Crippen LogP contribution in [0.5, 0.6) is 0 Å². The van der Waals surface area contributed by atoms with Gasteiger partial charge in [0.15, 0.2) is 0 Å². The minimum Gasteiger partial charge on any atom is -0.497 e. The van der Waals surface area contributed by atoms with Crippen LogP contribution in [0.2, 0.25) is 0 Å². The number of hydrogen-bond acceptors (Lipinski definition) is 4. The molecule has 1 aromatic carbocycles. The number of hydrogen-bond donors (Lipinski definition) is 1. The Hall–Kier alpha value is -2.88. The Balaban J connectivity index is 2.46. The van der Waals surface area contributed by atoms with Crippen molar-refractivity contribution in [1.82, 2.24) is 0 Å². The number of benzene rings is 1. The molecule has 2 N–H and O–H groups in total. The molecule has 1 saturated carbocycles. The Morgan fingerprint density at radius 3 is 2.34 bits per heavy atom. The Labute approximate surface area is 173 Å². The lowest BCUT2D eigenvalue weighted by molar-refractivity contribution is -0.126. The van der Waals surface area contributed by atoms with Crippen LogP contribution in [0.1, 0.15) is 54.9 Å². The average molecular weight is 394 g/mol. The molecule has 2 unspecified atom stereocenters. The summed E-state index contributed by atoms with van der Waals surface area (Å²) in [6.45, 7) is 15.4. The summed E-state index contributed by atoms with van der Waals surface area (Å²) < 4.78 is 5.21. The van der Waals surface area contributed by atoms with E-state index in [9.17, 15) is 9.59 Å². The average Bonchev–Trinajstić information content (AvgIpc) is 2.91. The second kappa shape index (κ2) is 9.08. The Morgan fingerprint density at radius 1 is 1.28 bits per heavy atom. The van der Waals surface area contributed by atoms with Gasteiger partial charge in [0, 0.05) is 24.1 Å². The molecule has 0 aromatic heterocycles. The number of Topliss-reactive ketones (excluding diaryl/α,β-unsaturated/α-hetero) is 2. The molecule has 0 heterocycles. The zero-order valence-corrected chi connectivity index (χ0v) is 18.1. The number of rotatable bonds is 7. The normalized spacial score (nSPS) is 20.5. The SMILES string of the molecule is C=C/C(=C\C(N)=C(/C)c1cc(C)c(C2C(=C)CC(CC(C)=O)C2=O)c(C)c1)OC. The van der Waals surface area contributed by atoms with Crippen molar-refractivity contribution >= 4 is 17.1 Å². The number of carbonyl (C=O) groups excluding carboxylic acids is 2. The first-order valence-electron chi connectivity index (χ1n) is 9.77. The summed E-state index contributed by atoms with van der Waals surface area (Å²) in [5, 5.41) is 0. The highest BCUT2D eigenvalue weighted by molar-refractivity contribution is 5.97. The van der Waals surface area contributed by atoms with Gasteiger partial charge in [-0.15, -0.1) is 0 Å². The third-order valence-electron chi connectivity index (χ3n) is 5.62. The number of nitrogens with two attached hydrogens (primary N) is 1. The molecule has 4 nitrogen and oxygen atoms in total. The highest BCUT2D eigenvalue weighted by Gasteiger charge is 2.39. The fraction of sp³-hybridized carbons (Fsp3) is 0.360. The minimum atomic E-state index is -0.337. The van der Waals surface area contributed by atoms with Crippen molar-refractivity contribution in [2.45, 2.75) is 46.5 Å². The number of allylic oxidation sites excluding steroid dienone is 4. The van der Waals surface area contributed by atoms with E-state index < -0.39 is 0 Å². The Bertz CT molecular complexity index is 910. The molecule has 1 fully saturated rings. The quantitative estimate of drug-likeness (QED) is 0.406. The lowest BCUT2D eigenvalue weighted by atomic mass is 9.84. The van der Waals surface area contributed by atoms with Gasteiger partial charge < -0.3 is 15.3 Å². The van der Waals surface area contributed by atoms with Gasteiger partial charge in [-0.3, -0.25) is 4.79 Å². The van der Waals surface area contributed by atoms with Gasteiger partial charge in [0.25, 0.3) is 0 Å². The maximum atomic E-state index is 13.0. The van der Waals surface area contributed by atoms with Gasteiger partial charge in [0.1, 0.15) is 17.3 Å². The number of ether oxygens (including phenoxy) is 1. The summed E-state index contributed by atoms with van der Waals surface area (Å²) in [6.07, 6.45) is 4.23. The summed E-state index contributed by atoms with van der Waals surface area (Å²) in [7, 11) is 1.57. The summed E-state index contributed by atoms with van der Waals surface area (Å²) in [4.78, 5) is 24.5. The van der Waals surface area contributed by atoms with Gasteiger partial charge in [-0.2, -0.15) is 0 Å². The van der Waals surface area contributed by atoms with E-state index in [2.05, 4.69) is 25.3 Å². The van der Waals surface area contributed by atoms with Crippen molar-refractivity contribution < 1.29 is 14.3 Å². The molecule has 1 aliphatic rings. The highest BCUT2D eigenvalue weighted by atomic mass is 16.5. The first-order valence-corrected chi connectivity index (χ1v) is 9.77. The molecular weight excluding hydrogens is 362 g/mol. The summed E-state index contributed by atoms with van der Waals surface area (Å²) in [6, 6.07) is 4.11. The number of methoxy groups -OCH3 is 1. The Kier molecular flexibility index (Phi) is 7.02. The van der Waals surface area contributed by atoms with E-state index in [4.69, 9.17) is 10.5 Å². The van der Waals surface area contributed by atoms with E-state index in [1.54, 1.807) is 19.3 Å². The summed E-state index contributed by atoms with van der Waals surface area (Å²) in [5.74, 6) is 0.152. The van der Waals surface area contributed by atoms with E-state index in [0.29, 0.717) is 24.3 Å². The van der Waals surface area contributed by atoms with Crippen LogP contribution in [-0.2, 0) is 14.3 Å². The topological polar surface area (TPSA) is 69.4 Å². The summed E-state index contributed by atoms with van der Waals surface area (Å²) in [5.41, 5.74) is 12.7. The molecule has 0 bridgehead atoms. The third-order valence-corrected chi connectivity index (χ3v) is 5.62. The van der Waals surface area contributed by atoms with Crippen molar-refractivity contribution in [3.05, 3.63) is 76.7 Å². The minimum absolute atomic E-state index is 0.0415. The molecule has 4 heteroatoms. The molecule has 154 valence electrons. The molecule has 1 aliphatic carbocycles. The lowest BCUT2D eigenvalue weighted by Crippen LogP contribution is -2.17. The smallest absolute Gasteiger partial charge is 0.148 e. The molecule has 0 radical (unpaired) electrons. The monoisotopic (exact) mass is 393 g/mol. The summed E-state index contributed by atoms with van der Waals surface area (Å²) >= 11 is 0. The first-order chi connectivity index (χ1) is 13.6. The van der Waals surface area contributed by atoms with Crippen LogP contribution in [0.3, 0.4) is 0 Å². The standard InChI is InChI=1S/C25H31NO3/c1-8-21(29-7)13-22(26)18(6)19-9-14(2)23(15(3)10-19)24-16(4)11-20(25(24)28)12-17(5)27/h8-10,13,20,24H,1,4,11-12,26H2,2-3,5-7H3/b21-13+,22-18-. The van der Waals surface area contributed by atoms with Gasteiger partial charge in [0.2, 0.25) is 0 Å². The zero-order chi connectivity index (χ0) is 21.9. The van der Waals surface area contributed by atoms with E-state index in [0.717, 1.165) is 33.4 Å². The van der Waals surface area contributed by atoms with Gasteiger partial charge in [0.05, 0.1) is 13.0 Å². The van der Waals surface area contributed by atoms with Gasteiger partial charge in [-0.25, -0.2) is 0 Å². The van der Waals surface area contributed by atoms with Gasteiger partial charge in [-0.05, 0) is 68.0 Å². The van der Waals surface area contributed by atoms with Crippen molar-refractivity contribution in [2.24, 2.45) is 11.7 Å². The maximum absolute atomic E-state index is 13.0. The van der Waals surface area contributed by atoms with E-state index in [-0.39, 0.29) is 23.4 Å². The van der Waals surface area contributed by atoms with Crippen molar-refractivity contribution in [3.63, 3.8) is 0 Å². The lowest BCUT2D eigenvalue weighted by Gasteiger charge is -2.19. The van der Waals surface area contributed by atoms with Crippen LogP contribution in [-0.4, -0.2) is 18.7 Å². The van der Waals surface area contributed by atoms with Crippen LogP contribution >= 0.6 is 0 Å². The van der Waals surface area contributed by atoms with E-state index >= 15 is 0 Å². The second-order valence-electron chi connectivity index (χ2n) is 7.86. The molecular formula is C25H31NO3. The van der Waals surface area contributed by atoms with Crippen molar-refractivity contribution in [2.75, 3.05) is 7.11 Å². The molecule has 0 saturated heterocycles.